The molecule has 1 aliphatic heterocycles. The molecule has 0 fully saturated rings. The number of anilines is 1. The van der Waals surface area contributed by atoms with Gasteiger partial charge < -0.3 is 5.73 Å². The Labute approximate surface area is 108 Å². The van der Waals surface area contributed by atoms with Crippen molar-refractivity contribution >= 4 is 30.6 Å². The quantitative estimate of drug-likeness (QED) is 0.839. The molecule has 2 N–H and O–H groups in total. The molecule has 16 heavy (non-hydrogen) atoms. The van der Waals surface area contributed by atoms with Gasteiger partial charge in [-0.25, -0.2) is 4.98 Å². The summed E-state index contributed by atoms with van der Waals surface area (Å²) in [4.78, 5) is 11.0. The summed E-state index contributed by atoms with van der Waals surface area (Å²) in [6.45, 7) is 6.37. The Balaban J connectivity index is 0.00000112. The number of fused-ring (bicyclic) bond motifs is 1. The zero-order valence-corrected chi connectivity index (χ0v) is 11.1. The third-order valence-electron chi connectivity index (χ3n) is 2.67. The molecule has 0 spiro atoms. The van der Waals surface area contributed by atoms with Gasteiger partial charge in [-0.2, -0.15) is 0 Å². The van der Waals surface area contributed by atoms with E-state index >= 15 is 0 Å². The first-order valence-corrected chi connectivity index (χ1v) is 5.01. The van der Waals surface area contributed by atoms with Crippen LogP contribution >= 0.6 is 24.8 Å². The van der Waals surface area contributed by atoms with Gasteiger partial charge in [0.05, 0.1) is 17.6 Å². The van der Waals surface area contributed by atoms with Crippen molar-refractivity contribution < 1.29 is 0 Å². The first kappa shape index (κ1) is 15.4. The highest BCUT2D eigenvalue weighted by Gasteiger charge is 2.20. The molecule has 1 aliphatic rings. The van der Waals surface area contributed by atoms with Crippen molar-refractivity contribution in [3.63, 3.8) is 0 Å². The van der Waals surface area contributed by atoms with E-state index in [1.165, 1.54) is 0 Å². The Morgan fingerprint density at radius 2 is 2.00 bits per heavy atom. The number of nitrogens with zero attached hydrogens (tertiary/aromatic N) is 3. The summed E-state index contributed by atoms with van der Waals surface area (Å²) in [5, 5.41) is 0. The van der Waals surface area contributed by atoms with Crippen LogP contribution in [0.1, 0.15) is 25.2 Å². The van der Waals surface area contributed by atoms with E-state index in [0.29, 0.717) is 11.9 Å². The van der Waals surface area contributed by atoms with Crippen molar-refractivity contribution in [3.8, 4) is 0 Å². The summed E-state index contributed by atoms with van der Waals surface area (Å²) >= 11 is 0. The average Bonchev–Trinajstić information content (AvgIpc) is 2.16. The Kier molecular flexibility index (Phi) is 6.00. The fourth-order valence-electron chi connectivity index (χ4n) is 1.76. The van der Waals surface area contributed by atoms with E-state index < -0.39 is 0 Å². The smallest absolute Gasteiger partial charge is 0.142 e. The minimum absolute atomic E-state index is 0. The van der Waals surface area contributed by atoms with Crippen LogP contribution < -0.4 is 5.73 Å². The molecular formula is C10H18Cl2N4. The van der Waals surface area contributed by atoms with Gasteiger partial charge in [0.1, 0.15) is 5.82 Å². The highest BCUT2D eigenvalue weighted by molar-refractivity contribution is 5.85. The van der Waals surface area contributed by atoms with Gasteiger partial charge in [-0.1, -0.05) is 0 Å². The molecule has 0 aromatic carbocycles. The number of rotatable bonds is 1. The van der Waals surface area contributed by atoms with Crippen LogP contribution in [0, 0.1) is 0 Å². The molecule has 0 amide bonds. The maximum absolute atomic E-state index is 5.59. The molecule has 1 aromatic heterocycles. The van der Waals surface area contributed by atoms with E-state index in [2.05, 4.69) is 28.7 Å². The first-order valence-electron chi connectivity index (χ1n) is 5.01. The van der Waals surface area contributed by atoms with Crippen molar-refractivity contribution in [2.45, 2.75) is 32.9 Å². The molecule has 0 radical (unpaired) electrons. The van der Waals surface area contributed by atoms with Crippen LogP contribution in [0.3, 0.4) is 0 Å². The maximum atomic E-state index is 5.59. The second kappa shape index (κ2) is 6.23. The van der Waals surface area contributed by atoms with Crippen LogP contribution in [0.25, 0.3) is 0 Å². The van der Waals surface area contributed by atoms with Crippen LogP contribution in [-0.4, -0.2) is 27.5 Å². The fraction of sp³-hybridized carbons (Fsp3) is 0.600. The molecule has 2 rings (SSSR count). The molecule has 0 unspecified atom stereocenters. The molecule has 0 aliphatic carbocycles. The van der Waals surface area contributed by atoms with E-state index in [9.17, 15) is 0 Å². The molecule has 2 heterocycles. The van der Waals surface area contributed by atoms with Gasteiger partial charge in [-0.3, -0.25) is 9.88 Å². The molecule has 0 atom stereocenters. The van der Waals surface area contributed by atoms with Crippen LogP contribution in [0.5, 0.6) is 0 Å². The van der Waals surface area contributed by atoms with E-state index in [-0.39, 0.29) is 24.8 Å². The number of nitrogens with two attached hydrogens (primary N) is 1. The van der Waals surface area contributed by atoms with E-state index in [0.717, 1.165) is 30.9 Å². The van der Waals surface area contributed by atoms with Crippen LogP contribution in [0.15, 0.2) is 6.20 Å². The topological polar surface area (TPSA) is 55.0 Å². The summed E-state index contributed by atoms with van der Waals surface area (Å²) < 4.78 is 0. The van der Waals surface area contributed by atoms with Crippen LogP contribution in [0.2, 0.25) is 0 Å². The largest absolute Gasteiger partial charge is 0.382 e. The van der Waals surface area contributed by atoms with Crippen molar-refractivity contribution in [2.24, 2.45) is 0 Å². The van der Waals surface area contributed by atoms with Crippen molar-refractivity contribution in [1.29, 1.82) is 0 Å². The van der Waals surface area contributed by atoms with Crippen molar-refractivity contribution in [1.82, 2.24) is 14.9 Å². The highest BCUT2D eigenvalue weighted by Crippen LogP contribution is 2.17. The standard InChI is InChI=1S/C10H16N4.2ClH/c1-7(2)14-4-3-8-9(6-14)12-5-10(11)13-8;;/h5,7H,3-4,6H2,1-2H3,(H2,11,13);2*1H. The van der Waals surface area contributed by atoms with Gasteiger partial charge in [0.15, 0.2) is 0 Å². The zero-order chi connectivity index (χ0) is 10.1. The predicted molar refractivity (Wildman–Crippen MR) is 70.2 cm³/mol. The van der Waals surface area contributed by atoms with Gasteiger partial charge in [0, 0.05) is 25.6 Å². The molecule has 6 heteroatoms. The summed E-state index contributed by atoms with van der Waals surface area (Å²) in [7, 11) is 0. The van der Waals surface area contributed by atoms with E-state index in [1.54, 1.807) is 6.20 Å². The van der Waals surface area contributed by atoms with Crippen molar-refractivity contribution in [2.75, 3.05) is 12.3 Å². The molecule has 92 valence electrons. The lowest BCUT2D eigenvalue weighted by Gasteiger charge is -2.30. The Bertz CT molecular complexity index is 344. The number of nitrogen functional groups attached to an aromatic ring is 1. The second-order valence-electron chi connectivity index (χ2n) is 4.00. The third-order valence-corrected chi connectivity index (χ3v) is 2.67. The molecular weight excluding hydrogens is 247 g/mol. The SMILES string of the molecule is CC(C)N1CCc2nc(N)cnc2C1.Cl.Cl. The summed E-state index contributed by atoms with van der Waals surface area (Å²) in [5.74, 6) is 0.529. The molecule has 0 saturated carbocycles. The van der Waals surface area contributed by atoms with Gasteiger partial charge in [-0.15, -0.1) is 24.8 Å². The van der Waals surface area contributed by atoms with E-state index in [1.807, 2.05) is 0 Å². The number of hydrogen-bond acceptors (Lipinski definition) is 4. The normalized spacial score (nSPS) is 14.9. The Morgan fingerprint density at radius 1 is 1.31 bits per heavy atom. The molecule has 1 aromatic rings. The Morgan fingerprint density at radius 3 is 2.62 bits per heavy atom. The first-order chi connectivity index (χ1) is 6.66. The number of hydrogen-bond donors (Lipinski definition) is 1. The lowest BCUT2D eigenvalue weighted by atomic mass is 10.1. The lowest BCUT2D eigenvalue weighted by molar-refractivity contribution is 0.198. The Hall–Kier alpha value is -0.580. The number of aromatic nitrogens is 2. The van der Waals surface area contributed by atoms with Crippen LogP contribution in [0.4, 0.5) is 5.82 Å². The molecule has 0 saturated heterocycles. The summed E-state index contributed by atoms with van der Waals surface area (Å²) in [5.41, 5.74) is 7.74. The second-order valence-corrected chi connectivity index (χ2v) is 4.00. The van der Waals surface area contributed by atoms with E-state index in [4.69, 9.17) is 5.73 Å². The summed E-state index contributed by atoms with van der Waals surface area (Å²) in [6.07, 6.45) is 2.61. The minimum atomic E-state index is 0. The maximum Gasteiger partial charge on any atom is 0.142 e. The lowest BCUT2D eigenvalue weighted by Crippen LogP contribution is -2.36. The van der Waals surface area contributed by atoms with Gasteiger partial charge in [0.25, 0.3) is 0 Å². The van der Waals surface area contributed by atoms with Crippen LogP contribution in [-0.2, 0) is 13.0 Å². The summed E-state index contributed by atoms with van der Waals surface area (Å²) in [6, 6.07) is 0.572. The number of halogens is 2. The predicted octanol–water partition coefficient (Wildman–Crippen LogP) is 1.67. The minimum Gasteiger partial charge on any atom is -0.382 e. The van der Waals surface area contributed by atoms with Gasteiger partial charge in [0.2, 0.25) is 0 Å². The monoisotopic (exact) mass is 264 g/mol. The zero-order valence-electron chi connectivity index (χ0n) is 9.51. The van der Waals surface area contributed by atoms with Crippen molar-refractivity contribution in [3.05, 3.63) is 17.6 Å². The fourth-order valence-corrected chi connectivity index (χ4v) is 1.76. The highest BCUT2D eigenvalue weighted by atomic mass is 35.5. The van der Waals surface area contributed by atoms with Gasteiger partial charge >= 0.3 is 0 Å². The average molecular weight is 265 g/mol. The molecule has 4 nitrogen and oxygen atoms in total. The molecule has 0 bridgehead atoms. The van der Waals surface area contributed by atoms with Gasteiger partial charge in [-0.05, 0) is 13.8 Å². The third kappa shape index (κ3) is 3.20.